The quantitative estimate of drug-likeness (QED) is 0.643. The summed E-state index contributed by atoms with van der Waals surface area (Å²) in [7, 11) is 0. The highest BCUT2D eigenvalue weighted by atomic mass is 35.5. The second-order valence-electron chi connectivity index (χ2n) is 6.24. The van der Waals surface area contributed by atoms with Gasteiger partial charge in [-0.15, -0.1) is 0 Å². The molecular formula is C17H25ClN2O3. The Bertz CT molecular complexity index is 534. The van der Waals surface area contributed by atoms with Crippen molar-refractivity contribution in [2.24, 2.45) is 17.6 Å². The van der Waals surface area contributed by atoms with Gasteiger partial charge in [-0.05, 0) is 36.3 Å². The number of carboxylic acid groups (broad SMARTS) is 1. The Morgan fingerprint density at radius 1 is 1.30 bits per heavy atom. The lowest BCUT2D eigenvalue weighted by Gasteiger charge is -2.19. The molecule has 0 fully saturated rings. The molecule has 0 bridgehead atoms. The number of carbonyl (C=O) groups excluding carboxylic acids is 1. The van der Waals surface area contributed by atoms with Crippen LogP contribution in [0, 0.1) is 11.8 Å². The van der Waals surface area contributed by atoms with E-state index in [1.54, 1.807) is 6.07 Å². The topological polar surface area (TPSA) is 92.4 Å². The van der Waals surface area contributed by atoms with Crippen LogP contribution in [0.3, 0.4) is 0 Å². The second-order valence-corrected chi connectivity index (χ2v) is 6.65. The Morgan fingerprint density at radius 2 is 1.96 bits per heavy atom. The summed E-state index contributed by atoms with van der Waals surface area (Å²) in [6.45, 7) is 4.37. The van der Waals surface area contributed by atoms with Crippen LogP contribution < -0.4 is 11.1 Å². The molecule has 1 aromatic carbocycles. The standard InChI is InChI=1S/C17H25ClN2O3/c1-11(2)7-12(8-16(21)22)10-20-17(23)15(19)9-13-5-3-4-6-14(13)18/h3-6,11-12,15H,7-10,19H2,1-2H3,(H,20,23)(H,21,22)/t12-,15+/m0/s1. The lowest BCUT2D eigenvalue weighted by molar-refractivity contribution is -0.138. The fraction of sp³-hybridized carbons (Fsp3) is 0.529. The summed E-state index contributed by atoms with van der Waals surface area (Å²) in [5.41, 5.74) is 6.74. The van der Waals surface area contributed by atoms with Crippen LogP contribution in [0.2, 0.25) is 5.02 Å². The fourth-order valence-corrected chi connectivity index (χ4v) is 2.73. The summed E-state index contributed by atoms with van der Waals surface area (Å²) in [4.78, 5) is 23.0. The summed E-state index contributed by atoms with van der Waals surface area (Å²) in [6.07, 6.45) is 1.13. The van der Waals surface area contributed by atoms with Gasteiger partial charge in [-0.25, -0.2) is 0 Å². The predicted molar refractivity (Wildman–Crippen MR) is 91.3 cm³/mol. The van der Waals surface area contributed by atoms with Gasteiger partial charge < -0.3 is 16.2 Å². The van der Waals surface area contributed by atoms with Crippen LogP contribution in [0.4, 0.5) is 0 Å². The maximum atomic E-state index is 12.1. The maximum Gasteiger partial charge on any atom is 0.303 e. The molecule has 0 unspecified atom stereocenters. The van der Waals surface area contributed by atoms with Gasteiger partial charge in [0.15, 0.2) is 0 Å². The van der Waals surface area contributed by atoms with Crippen molar-refractivity contribution in [3.63, 3.8) is 0 Å². The molecule has 6 heteroatoms. The number of halogens is 1. The second kappa shape index (κ2) is 9.53. The molecule has 2 atom stereocenters. The Labute approximate surface area is 142 Å². The average Bonchev–Trinajstić information content (AvgIpc) is 2.45. The lowest BCUT2D eigenvalue weighted by Crippen LogP contribution is -2.44. The average molecular weight is 341 g/mol. The smallest absolute Gasteiger partial charge is 0.303 e. The van der Waals surface area contributed by atoms with Crippen molar-refractivity contribution in [2.45, 2.75) is 39.2 Å². The Hall–Kier alpha value is -1.59. The fourth-order valence-electron chi connectivity index (χ4n) is 2.52. The number of nitrogens with two attached hydrogens (primary N) is 1. The molecule has 0 aliphatic rings. The van der Waals surface area contributed by atoms with Gasteiger partial charge in [0.25, 0.3) is 0 Å². The molecule has 4 N–H and O–H groups in total. The van der Waals surface area contributed by atoms with E-state index in [-0.39, 0.29) is 18.2 Å². The predicted octanol–water partition coefficient (Wildman–Crippen LogP) is 2.46. The van der Waals surface area contributed by atoms with Crippen molar-refractivity contribution in [3.8, 4) is 0 Å². The monoisotopic (exact) mass is 340 g/mol. The molecule has 0 saturated heterocycles. The highest BCUT2D eigenvalue weighted by molar-refractivity contribution is 6.31. The van der Waals surface area contributed by atoms with Gasteiger partial charge in [-0.1, -0.05) is 43.6 Å². The van der Waals surface area contributed by atoms with Crippen molar-refractivity contribution >= 4 is 23.5 Å². The largest absolute Gasteiger partial charge is 0.481 e. The van der Waals surface area contributed by atoms with Gasteiger partial charge in [0.2, 0.25) is 5.91 Å². The minimum atomic E-state index is -0.856. The third kappa shape index (κ3) is 7.48. The van der Waals surface area contributed by atoms with E-state index < -0.39 is 12.0 Å². The zero-order valence-corrected chi connectivity index (χ0v) is 14.3. The molecule has 0 saturated carbocycles. The molecule has 0 spiro atoms. The third-order valence-electron chi connectivity index (χ3n) is 3.57. The molecule has 1 amide bonds. The van der Waals surface area contributed by atoms with Crippen molar-refractivity contribution in [3.05, 3.63) is 34.9 Å². The van der Waals surface area contributed by atoms with Crippen molar-refractivity contribution < 1.29 is 14.7 Å². The van der Waals surface area contributed by atoms with E-state index in [1.165, 1.54) is 0 Å². The first-order chi connectivity index (χ1) is 10.8. The molecule has 0 aromatic heterocycles. The van der Waals surface area contributed by atoms with Gasteiger partial charge in [0.1, 0.15) is 0 Å². The van der Waals surface area contributed by atoms with Crippen LogP contribution >= 0.6 is 11.6 Å². The molecule has 0 aliphatic carbocycles. The van der Waals surface area contributed by atoms with E-state index in [0.717, 1.165) is 12.0 Å². The number of carboxylic acids is 1. The summed E-state index contributed by atoms with van der Waals surface area (Å²) < 4.78 is 0. The lowest BCUT2D eigenvalue weighted by atomic mass is 9.94. The SMILES string of the molecule is CC(C)C[C@H](CNC(=O)[C@H](N)Cc1ccccc1Cl)CC(=O)O. The van der Waals surface area contributed by atoms with E-state index >= 15 is 0 Å². The highest BCUT2D eigenvalue weighted by Gasteiger charge is 2.19. The first kappa shape index (κ1) is 19.5. The molecule has 0 heterocycles. The van der Waals surface area contributed by atoms with Crippen molar-refractivity contribution in [2.75, 3.05) is 6.54 Å². The molecule has 23 heavy (non-hydrogen) atoms. The molecule has 0 aliphatic heterocycles. The number of rotatable bonds is 9. The molecule has 1 aromatic rings. The zero-order chi connectivity index (χ0) is 17.4. The van der Waals surface area contributed by atoms with E-state index in [1.807, 2.05) is 32.0 Å². The summed E-state index contributed by atoms with van der Waals surface area (Å²) in [6, 6.07) is 6.55. The normalized spacial score (nSPS) is 13.6. The minimum Gasteiger partial charge on any atom is -0.481 e. The molecule has 0 radical (unpaired) electrons. The number of amides is 1. The first-order valence-electron chi connectivity index (χ1n) is 7.78. The summed E-state index contributed by atoms with van der Waals surface area (Å²) >= 11 is 6.06. The van der Waals surface area contributed by atoms with E-state index in [4.69, 9.17) is 22.4 Å². The maximum absolute atomic E-state index is 12.1. The van der Waals surface area contributed by atoms with E-state index in [0.29, 0.717) is 23.9 Å². The zero-order valence-electron chi connectivity index (χ0n) is 13.6. The third-order valence-corrected chi connectivity index (χ3v) is 3.94. The number of hydrogen-bond acceptors (Lipinski definition) is 3. The van der Waals surface area contributed by atoms with Gasteiger partial charge in [-0.3, -0.25) is 9.59 Å². The van der Waals surface area contributed by atoms with Crippen molar-refractivity contribution in [1.29, 1.82) is 0 Å². The Morgan fingerprint density at radius 3 is 2.52 bits per heavy atom. The summed E-state index contributed by atoms with van der Waals surface area (Å²) in [5, 5.41) is 12.3. The number of nitrogens with one attached hydrogen (secondary N) is 1. The highest BCUT2D eigenvalue weighted by Crippen LogP contribution is 2.17. The van der Waals surface area contributed by atoms with Crippen LogP contribution in [0.15, 0.2) is 24.3 Å². The molecule has 1 rings (SSSR count). The van der Waals surface area contributed by atoms with Gasteiger partial charge in [-0.2, -0.15) is 0 Å². The van der Waals surface area contributed by atoms with E-state index in [9.17, 15) is 9.59 Å². The molecule has 128 valence electrons. The van der Waals surface area contributed by atoms with Crippen molar-refractivity contribution in [1.82, 2.24) is 5.32 Å². The first-order valence-corrected chi connectivity index (χ1v) is 8.15. The number of hydrogen-bond donors (Lipinski definition) is 3. The molecular weight excluding hydrogens is 316 g/mol. The van der Waals surface area contributed by atoms with E-state index in [2.05, 4.69) is 5.32 Å². The Balaban J connectivity index is 2.53. The van der Waals surface area contributed by atoms with Crippen LogP contribution in [0.1, 0.15) is 32.3 Å². The summed E-state index contributed by atoms with van der Waals surface area (Å²) in [5.74, 6) is -0.869. The van der Waals surface area contributed by atoms with Crippen LogP contribution in [0.5, 0.6) is 0 Å². The van der Waals surface area contributed by atoms with Gasteiger partial charge >= 0.3 is 5.97 Å². The van der Waals surface area contributed by atoms with Gasteiger partial charge in [0.05, 0.1) is 6.04 Å². The molecule has 5 nitrogen and oxygen atoms in total. The Kier molecular flexibility index (Phi) is 8.06. The van der Waals surface area contributed by atoms with Crippen LogP contribution in [0.25, 0.3) is 0 Å². The number of carbonyl (C=O) groups is 2. The number of benzene rings is 1. The van der Waals surface area contributed by atoms with Crippen LogP contribution in [-0.4, -0.2) is 29.6 Å². The van der Waals surface area contributed by atoms with Crippen LogP contribution in [-0.2, 0) is 16.0 Å². The number of aliphatic carboxylic acids is 1. The minimum absolute atomic E-state index is 0.0399. The van der Waals surface area contributed by atoms with Gasteiger partial charge in [0, 0.05) is 18.0 Å².